The fourth-order valence-corrected chi connectivity index (χ4v) is 2.46. The molecule has 0 fully saturated rings. The normalized spacial score (nSPS) is 10.5. The van der Waals surface area contributed by atoms with E-state index in [1.54, 1.807) is 6.92 Å². The molecule has 0 aliphatic rings. The number of hydrogen-bond donors (Lipinski definition) is 1. The van der Waals surface area contributed by atoms with Gasteiger partial charge in [-0.25, -0.2) is 0 Å². The molecule has 0 aliphatic carbocycles. The first-order chi connectivity index (χ1) is 11.2. The Morgan fingerprint density at radius 1 is 0.957 bits per heavy atom. The number of esters is 1. The maximum atomic E-state index is 11.9. The maximum absolute atomic E-state index is 11.9. The third-order valence-electron chi connectivity index (χ3n) is 3.62. The van der Waals surface area contributed by atoms with Crippen molar-refractivity contribution in [3.63, 3.8) is 0 Å². The number of amides is 1. The van der Waals surface area contributed by atoms with E-state index in [0.717, 1.165) is 35.7 Å². The highest BCUT2D eigenvalue weighted by Gasteiger charge is 2.05. The summed E-state index contributed by atoms with van der Waals surface area (Å²) in [6.45, 7) is 2.22. The van der Waals surface area contributed by atoms with Crippen LogP contribution in [0, 0.1) is 0 Å². The van der Waals surface area contributed by atoms with Gasteiger partial charge in [-0.2, -0.15) is 0 Å². The molecule has 2 aromatic carbocycles. The average Bonchev–Trinajstić information content (AvgIpc) is 2.54. The second kappa shape index (κ2) is 8.93. The van der Waals surface area contributed by atoms with Crippen LogP contribution in [0.1, 0.15) is 39.0 Å². The molecular formula is C19H23NO3. The number of unbranched alkanes of at least 4 members (excludes halogenated alkanes) is 2. The van der Waals surface area contributed by atoms with Gasteiger partial charge in [-0.3, -0.25) is 9.59 Å². The number of carbonyl (C=O) groups excluding carboxylic acids is 2. The van der Waals surface area contributed by atoms with Crippen LogP contribution in [-0.4, -0.2) is 18.5 Å². The molecule has 2 aromatic rings. The van der Waals surface area contributed by atoms with Gasteiger partial charge >= 0.3 is 5.97 Å². The summed E-state index contributed by atoms with van der Waals surface area (Å²) in [5, 5.41) is 5.19. The number of ether oxygens (including phenoxy) is 1. The van der Waals surface area contributed by atoms with Crippen LogP contribution in [-0.2, 0) is 14.3 Å². The summed E-state index contributed by atoms with van der Waals surface area (Å²) in [5.74, 6) is -0.149. The smallest absolute Gasteiger partial charge is 0.305 e. The van der Waals surface area contributed by atoms with E-state index in [1.165, 1.54) is 0 Å². The van der Waals surface area contributed by atoms with E-state index in [0.29, 0.717) is 19.4 Å². The Bertz CT molecular complexity index is 666. The van der Waals surface area contributed by atoms with Gasteiger partial charge in [0, 0.05) is 18.5 Å². The molecule has 1 amide bonds. The van der Waals surface area contributed by atoms with Crippen LogP contribution in [0.2, 0.25) is 0 Å². The van der Waals surface area contributed by atoms with Crippen LogP contribution < -0.4 is 5.32 Å². The van der Waals surface area contributed by atoms with Crippen LogP contribution in [0.25, 0.3) is 10.8 Å². The van der Waals surface area contributed by atoms with Gasteiger partial charge in [0.25, 0.3) is 0 Å². The molecular weight excluding hydrogens is 290 g/mol. The molecule has 0 saturated heterocycles. The standard InChI is InChI=1S/C19H23NO3/c1-2-23-19(22)11-5-3-4-10-18(21)20-17-13-12-15-8-6-7-9-16(15)14-17/h6-9,12-14H,2-5,10-11H2,1H3,(H,20,21). The lowest BCUT2D eigenvalue weighted by Gasteiger charge is -2.07. The van der Waals surface area contributed by atoms with Gasteiger partial charge in [0.2, 0.25) is 5.91 Å². The first-order valence-corrected chi connectivity index (χ1v) is 8.13. The van der Waals surface area contributed by atoms with Gasteiger partial charge in [0.1, 0.15) is 0 Å². The SMILES string of the molecule is CCOC(=O)CCCCCC(=O)Nc1ccc2ccccc2c1. The molecule has 0 aromatic heterocycles. The van der Waals surface area contributed by atoms with Crippen LogP contribution in [0.5, 0.6) is 0 Å². The molecule has 0 bridgehead atoms. The number of hydrogen-bond acceptors (Lipinski definition) is 3. The molecule has 0 aliphatic heterocycles. The molecule has 4 nitrogen and oxygen atoms in total. The highest BCUT2D eigenvalue weighted by molar-refractivity contribution is 5.94. The molecule has 23 heavy (non-hydrogen) atoms. The zero-order valence-corrected chi connectivity index (χ0v) is 13.5. The summed E-state index contributed by atoms with van der Waals surface area (Å²) in [5.41, 5.74) is 0.820. The highest BCUT2D eigenvalue weighted by atomic mass is 16.5. The lowest BCUT2D eigenvalue weighted by Crippen LogP contribution is -2.11. The van der Waals surface area contributed by atoms with Crippen molar-refractivity contribution < 1.29 is 14.3 Å². The summed E-state index contributed by atoms with van der Waals surface area (Å²) >= 11 is 0. The molecule has 0 spiro atoms. The van der Waals surface area contributed by atoms with Crippen molar-refractivity contribution >= 4 is 28.3 Å². The van der Waals surface area contributed by atoms with Crippen molar-refractivity contribution in [2.45, 2.75) is 39.0 Å². The lowest BCUT2D eigenvalue weighted by atomic mass is 10.1. The number of fused-ring (bicyclic) bond motifs is 1. The van der Waals surface area contributed by atoms with Crippen molar-refractivity contribution in [2.24, 2.45) is 0 Å². The third-order valence-corrected chi connectivity index (χ3v) is 3.62. The van der Waals surface area contributed by atoms with E-state index in [2.05, 4.69) is 5.32 Å². The quantitative estimate of drug-likeness (QED) is 0.584. The predicted octanol–water partition coefficient (Wildman–Crippen LogP) is 4.29. The Morgan fingerprint density at radius 2 is 1.70 bits per heavy atom. The predicted molar refractivity (Wildman–Crippen MR) is 92.3 cm³/mol. The van der Waals surface area contributed by atoms with Crippen molar-refractivity contribution in [2.75, 3.05) is 11.9 Å². The number of anilines is 1. The molecule has 0 radical (unpaired) electrons. The van der Waals surface area contributed by atoms with Crippen molar-refractivity contribution in [3.05, 3.63) is 42.5 Å². The lowest BCUT2D eigenvalue weighted by molar-refractivity contribution is -0.143. The summed E-state index contributed by atoms with van der Waals surface area (Å²) in [6, 6.07) is 14.0. The molecule has 0 saturated carbocycles. The zero-order valence-electron chi connectivity index (χ0n) is 13.5. The van der Waals surface area contributed by atoms with Crippen LogP contribution >= 0.6 is 0 Å². The number of rotatable bonds is 8. The van der Waals surface area contributed by atoms with Crippen molar-refractivity contribution in [1.82, 2.24) is 0 Å². The Kier molecular flexibility index (Phi) is 6.60. The highest BCUT2D eigenvalue weighted by Crippen LogP contribution is 2.19. The number of benzene rings is 2. The van der Waals surface area contributed by atoms with Gasteiger partial charge in [-0.1, -0.05) is 36.8 Å². The summed E-state index contributed by atoms with van der Waals surface area (Å²) in [6.07, 6.45) is 3.29. The first kappa shape index (κ1) is 17.0. The topological polar surface area (TPSA) is 55.4 Å². The first-order valence-electron chi connectivity index (χ1n) is 8.13. The van der Waals surface area contributed by atoms with Gasteiger partial charge in [-0.15, -0.1) is 0 Å². The number of carbonyl (C=O) groups is 2. The summed E-state index contributed by atoms with van der Waals surface area (Å²) < 4.78 is 4.87. The minimum absolute atomic E-state index is 0.0106. The van der Waals surface area contributed by atoms with E-state index >= 15 is 0 Å². The summed E-state index contributed by atoms with van der Waals surface area (Å²) in [4.78, 5) is 23.1. The Labute approximate surface area is 136 Å². The van der Waals surface area contributed by atoms with Gasteiger partial charge in [0.05, 0.1) is 6.61 Å². The second-order valence-electron chi connectivity index (χ2n) is 5.48. The maximum Gasteiger partial charge on any atom is 0.305 e. The van der Waals surface area contributed by atoms with Gasteiger partial charge < -0.3 is 10.1 Å². The molecule has 0 unspecified atom stereocenters. The second-order valence-corrected chi connectivity index (χ2v) is 5.48. The Hall–Kier alpha value is -2.36. The largest absolute Gasteiger partial charge is 0.466 e. The molecule has 0 heterocycles. The molecule has 1 N–H and O–H groups in total. The number of nitrogens with one attached hydrogen (secondary N) is 1. The van der Waals surface area contributed by atoms with Gasteiger partial charge in [0.15, 0.2) is 0 Å². The van der Waals surface area contributed by atoms with E-state index < -0.39 is 0 Å². The van der Waals surface area contributed by atoms with E-state index in [9.17, 15) is 9.59 Å². The van der Waals surface area contributed by atoms with Crippen LogP contribution in [0.15, 0.2) is 42.5 Å². The molecule has 0 atom stereocenters. The van der Waals surface area contributed by atoms with E-state index in [4.69, 9.17) is 4.74 Å². The fourth-order valence-electron chi connectivity index (χ4n) is 2.46. The fraction of sp³-hybridized carbons (Fsp3) is 0.368. The molecule has 2 rings (SSSR count). The average molecular weight is 313 g/mol. The van der Waals surface area contributed by atoms with E-state index in [-0.39, 0.29) is 11.9 Å². The van der Waals surface area contributed by atoms with Crippen LogP contribution in [0.4, 0.5) is 5.69 Å². The monoisotopic (exact) mass is 313 g/mol. The van der Waals surface area contributed by atoms with Gasteiger partial charge in [-0.05, 0) is 42.7 Å². The zero-order chi connectivity index (χ0) is 16.5. The molecule has 122 valence electrons. The van der Waals surface area contributed by atoms with E-state index in [1.807, 2.05) is 42.5 Å². The Balaban J connectivity index is 1.70. The summed E-state index contributed by atoms with van der Waals surface area (Å²) in [7, 11) is 0. The van der Waals surface area contributed by atoms with Crippen molar-refractivity contribution in [3.8, 4) is 0 Å². The minimum Gasteiger partial charge on any atom is -0.466 e. The van der Waals surface area contributed by atoms with Crippen molar-refractivity contribution in [1.29, 1.82) is 0 Å². The molecule has 4 heteroatoms. The third kappa shape index (κ3) is 5.74. The van der Waals surface area contributed by atoms with Crippen LogP contribution in [0.3, 0.4) is 0 Å². The Morgan fingerprint density at radius 3 is 2.48 bits per heavy atom. The minimum atomic E-state index is -0.159.